The first-order valence-electron chi connectivity index (χ1n) is 7.81. The highest BCUT2D eigenvalue weighted by Gasteiger charge is 2.08. The molecule has 1 aromatic heterocycles. The number of amides is 1. The lowest BCUT2D eigenvalue weighted by Gasteiger charge is -2.09. The number of benzene rings is 2. The molecule has 0 fully saturated rings. The summed E-state index contributed by atoms with van der Waals surface area (Å²) >= 11 is 3.43. The van der Waals surface area contributed by atoms with Gasteiger partial charge in [0.1, 0.15) is 5.82 Å². The number of aromatic nitrogens is 2. The Morgan fingerprint density at radius 2 is 1.75 bits per heavy atom. The van der Waals surface area contributed by atoms with Gasteiger partial charge in [0.2, 0.25) is 5.91 Å². The zero-order chi connectivity index (χ0) is 16.8. The molecule has 0 saturated heterocycles. The largest absolute Gasteiger partial charge is 0.311 e. The molecule has 24 heavy (non-hydrogen) atoms. The molecule has 0 unspecified atom stereocenters. The molecule has 3 rings (SSSR count). The molecule has 2 aromatic carbocycles. The summed E-state index contributed by atoms with van der Waals surface area (Å²) in [7, 11) is 0. The SMILES string of the molecule is O=C(CCc1ccccc1)Nc1ccnn1Cc1ccc(Br)cc1. The summed E-state index contributed by atoms with van der Waals surface area (Å²) in [5.74, 6) is 0.715. The number of rotatable bonds is 6. The maximum absolute atomic E-state index is 12.2. The van der Waals surface area contributed by atoms with Gasteiger partial charge in [0.25, 0.3) is 0 Å². The number of nitrogens with zero attached hydrogens (tertiary/aromatic N) is 2. The van der Waals surface area contributed by atoms with E-state index in [-0.39, 0.29) is 5.91 Å². The van der Waals surface area contributed by atoms with Crippen LogP contribution in [0.3, 0.4) is 0 Å². The predicted octanol–water partition coefficient (Wildman–Crippen LogP) is 4.27. The highest BCUT2D eigenvalue weighted by atomic mass is 79.9. The van der Waals surface area contributed by atoms with Crippen LogP contribution < -0.4 is 5.32 Å². The second-order valence-corrected chi connectivity index (χ2v) is 6.45. The van der Waals surface area contributed by atoms with Gasteiger partial charge in [-0.1, -0.05) is 58.4 Å². The zero-order valence-corrected chi connectivity index (χ0v) is 14.7. The number of carbonyl (C=O) groups excluding carboxylic acids is 1. The van der Waals surface area contributed by atoms with Crippen LogP contribution in [-0.4, -0.2) is 15.7 Å². The summed E-state index contributed by atoms with van der Waals surface area (Å²) in [6.07, 6.45) is 2.88. The Balaban J connectivity index is 1.58. The number of aryl methyl sites for hydroxylation is 1. The molecule has 0 bridgehead atoms. The third kappa shape index (κ3) is 4.55. The van der Waals surface area contributed by atoms with E-state index in [1.54, 1.807) is 10.9 Å². The molecule has 122 valence electrons. The molecule has 0 atom stereocenters. The maximum Gasteiger partial charge on any atom is 0.225 e. The molecular weight excluding hydrogens is 366 g/mol. The first-order valence-corrected chi connectivity index (χ1v) is 8.60. The van der Waals surface area contributed by atoms with E-state index in [9.17, 15) is 4.79 Å². The van der Waals surface area contributed by atoms with E-state index in [4.69, 9.17) is 0 Å². The van der Waals surface area contributed by atoms with Crippen molar-refractivity contribution in [3.63, 3.8) is 0 Å². The molecule has 1 amide bonds. The fourth-order valence-corrected chi connectivity index (χ4v) is 2.70. The average Bonchev–Trinajstić information content (AvgIpc) is 3.03. The molecule has 0 radical (unpaired) electrons. The first kappa shape index (κ1) is 16.5. The highest BCUT2D eigenvalue weighted by molar-refractivity contribution is 9.10. The minimum atomic E-state index is -0.00332. The Kier molecular flexibility index (Phi) is 5.43. The van der Waals surface area contributed by atoms with Crippen LogP contribution in [0.25, 0.3) is 0 Å². The first-order chi connectivity index (χ1) is 11.7. The molecule has 4 nitrogen and oxygen atoms in total. The third-order valence-corrected chi connectivity index (χ3v) is 4.24. The number of hydrogen-bond acceptors (Lipinski definition) is 2. The minimum Gasteiger partial charge on any atom is -0.311 e. The maximum atomic E-state index is 12.2. The van der Waals surface area contributed by atoms with Crippen LogP contribution in [0.4, 0.5) is 5.82 Å². The lowest BCUT2D eigenvalue weighted by molar-refractivity contribution is -0.116. The number of anilines is 1. The van der Waals surface area contributed by atoms with Crippen molar-refractivity contribution in [3.05, 3.63) is 82.5 Å². The van der Waals surface area contributed by atoms with Crippen LogP contribution in [0, 0.1) is 0 Å². The van der Waals surface area contributed by atoms with Crippen LogP contribution in [-0.2, 0) is 17.8 Å². The molecule has 0 saturated carbocycles. The van der Waals surface area contributed by atoms with Gasteiger partial charge in [-0.2, -0.15) is 5.10 Å². The number of carbonyl (C=O) groups is 1. The molecule has 0 aliphatic carbocycles. The van der Waals surface area contributed by atoms with Crippen molar-refractivity contribution in [2.45, 2.75) is 19.4 Å². The summed E-state index contributed by atoms with van der Waals surface area (Å²) in [5.41, 5.74) is 2.29. The molecule has 0 aliphatic rings. The topological polar surface area (TPSA) is 46.9 Å². The summed E-state index contributed by atoms with van der Waals surface area (Å²) in [5, 5.41) is 7.24. The van der Waals surface area contributed by atoms with Crippen molar-refractivity contribution in [2.24, 2.45) is 0 Å². The van der Waals surface area contributed by atoms with E-state index in [2.05, 4.69) is 26.3 Å². The second kappa shape index (κ2) is 7.93. The number of nitrogens with one attached hydrogen (secondary N) is 1. The second-order valence-electron chi connectivity index (χ2n) is 5.53. The number of halogens is 1. The summed E-state index contributed by atoms with van der Waals surface area (Å²) < 4.78 is 2.84. The van der Waals surface area contributed by atoms with E-state index in [1.165, 1.54) is 0 Å². The lowest BCUT2D eigenvalue weighted by Crippen LogP contribution is -2.16. The van der Waals surface area contributed by atoms with Gasteiger partial charge < -0.3 is 5.32 Å². The van der Waals surface area contributed by atoms with Gasteiger partial charge in [0, 0.05) is 17.0 Å². The van der Waals surface area contributed by atoms with Crippen molar-refractivity contribution in [1.29, 1.82) is 0 Å². The van der Waals surface area contributed by atoms with Crippen molar-refractivity contribution in [2.75, 3.05) is 5.32 Å². The van der Waals surface area contributed by atoms with Crippen molar-refractivity contribution >= 4 is 27.7 Å². The molecule has 1 N–H and O–H groups in total. The van der Waals surface area contributed by atoms with Gasteiger partial charge in [-0.3, -0.25) is 4.79 Å². The van der Waals surface area contributed by atoms with Gasteiger partial charge in [0.05, 0.1) is 12.7 Å². The smallest absolute Gasteiger partial charge is 0.225 e. The summed E-state index contributed by atoms with van der Waals surface area (Å²) in [4.78, 5) is 12.2. The van der Waals surface area contributed by atoms with Gasteiger partial charge >= 0.3 is 0 Å². The van der Waals surface area contributed by atoms with E-state index >= 15 is 0 Å². The average molecular weight is 384 g/mol. The van der Waals surface area contributed by atoms with Gasteiger partial charge in [0.15, 0.2) is 0 Å². The van der Waals surface area contributed by atoms with Crippen LogP contribution in [0.1, 0.15) is 17.5 Å². The van der Waals surface area contributed by atoms with Crippen molar-refractivity contribution in [3.8, 4) is 0 Å². The minimum absolute atomic E-state index is 0.00332. The monoisotopic (exact) mass is 383 g/mol. The standard InChI is InChI=1S/C19H18BrN3O/c20-17-9-6-16(7-10-17)14-23-18(12-13-21-23)22-19(24)11-8-15-4-2-1-3-5-15/h1-7,9-10,12-13H,8,11,14H2,(H,22,24). The van der Waals surface area contributed by atoms with E-state index in [0.29, 0.717) is 13.0 Å². The fourth-order valence-electron chi connectivity index (χ4n) is 2.44. The quantitative estimate of drug-likeness (QED) is 0.690. The zero-order valence-electron chi connectivity index (χ0n) is 13.2. The molecule has 3 aromatic rings. The Hall–Kier alpha value is -2.40. The Morgan fingerprint density at radius 1 is 1.00 bits per heavy atom. The third-order valence-electron chi connectivity index (χ3n) is 3.71. The van der Waals surface area contributed by atoms with Crippen LogP contribution in [0.2, 0.25) is 0 Å². The molecule has 1 heterocycles. The van der Waals surface area contributed by atoms with E-state index < -0.39 is 0 Å². The van der Waals surface area contributed by atoms with Crippen molar-refractivity contribution in [1.82, 2.24) is 9.78 Å². The van der Waals surface area contributed by atoms with Crippen LogP contribution in [0.15, 0.2) is 71.3 Å². The Bertz CT molecular complexity index is 797. The van der Waals surface area contributed by atoms with Crippen LogP contribution >= 0.6 is 15.9 Å². The summed E-state index contributed by atoms with van der Waals surface area (Å²) in [6, 6.07) is 19.9. The van der Waals surface area contributed by atoms with E-state index in [1.807, 2.05) is 60.7 Å². The predicted molar refractivity (Wildman–Crippen MR) is 98.9 cm³/mol. The molecular formula is C19H18BrN3O. The molecule has 5 heteroatoms. The normalized spacial score (nSPS) is 10.5. The van der Waals surface area contributed by atoms with Gasteiger partial charge in [-0.05, 0) is 29.7 Å². The van der Waals surface area contributed by atoms with E-state index in [0.717, 1.165) is 27.8 Å². The fraction of sp³-hybridized carbons (Fsp3) is 0.158. The molecule has 0 spiro atoms. The van der Waals surface area contributed by atoms with Crippen molar-refractivity contribution < 1.29 is 4.79 Å². The van der Waals surface area contributed by atoms with Crippen LogP contribution in [0.5, 0.6) is 0 Å². The summed E-state index contributed by atoms with van der Waals surface area (Å²) in [6.45, 7) is 0.620. The Labute approximate surface area is 149 Å². The Morgan fingerprint density at radius 3 is 2.50 bits per heavy atom. The number of hydrogen-bond donors (Lipinski definition) is 1. The highest BCUT2D eigenvalue weighted by Crippen LogP contribution is 2.14. The van der Waals surface area contributed by atoms with Gasteiger partial charge in [-0.25, -0.2) is 4.68 Å². The molecule has 0 aliphatic heterocycles. The lowest BCUT2D eigenvalue weighted by atomic mass is 10.1. The van der Waals surface area contributed by atoms with Gasteiger partial charge in [-0.15, -0.1) is 0 Å².